The van der Waals surface area contributed by atoms with Gasteiger partial charge in [0.15, 0.2) is 0 Å². The molecule has 1 aromatic rings. The molecule has 0 aliphatic rings. The van der Waals surface area contributed by atoms with Crippen LogP contribution in [0.1, 0.15) is 35.3 Å². The van der Waals surface area contributed by atoms with Gasteiger partial charge in [0.05, 0.1) is 22.6 Å². The number of hydrogen-bond acceptors (Lipinski definition) is 4. The van der Waals surface area contributed by atoms with Crippen LogP contribution in [0.3, 0.4) is 0 Å². The van der Waals surface area contributed by atoms with Crippen LogP contribution in [-0.4, -0.2) is 36.7 Å². The Kier molecular flexibility index (Phi) is 4.58. The van der Waals surface area contributed by atoms with E-state index in [0.717, 1.165) is 6.07 Å². The highest BCUT2D eigenvalue weighted by molar-refractivity contribution is 7.89. The monoisotopic (exact) mass is 301 g/mol. The lowest BCUT2D eigenvalue weighted by Gasteiger charge is -2.24. The van der Waals surface area contributed by atoms with Gasteiger partial charge in [-0.25, -0.2) is 17.9 Å². The van der Waals surface area contributed by atoms with Gasteiger partial charge in [-0.05, 0) is 44.9 Å². The van der Waals surface area contributed by atoms with Gasteiger partial charge in [-0.1, -0.05) is 6.07 Å². The number of carboxylic acids is 1. The maximum atomic E-state index is 12.3. The van der Waals surface area contributed by atoms with Gasteiger partial charge in [0, 0.05) is 0 Å². The summed E-state index contributed by atoms with van der Waals surface area (Å²) in [7, 11) is -3.91. The van der Waals surface area contributed by atoms with E-state index in [1.165, 1.54) is 19.9 Å². The minimum atomic E-state index is -3.91. The molecule has 0 unspecified atom stereocenters. The first-order valence-corrected chi connectivity index (χ1v) is 7.48. The topological polar surface area (TPSA) is 104 Å². The molecule has 0 aliphatic carbocycles. The molecule has 7 heteroatoms. The average Bonchev–Trinajstić information content (AvgIpc) is 2.26. The summed E-state index contributed by atoms with van der Waals surface area (Å²) in [5, 5.41) is 18.2. The van der Waals surface area contributed by atoms with E-state index in [2.05, 4.69) is 4.72 Å². The van der Waals surface area contributed by atoms with Crippen molar-refractivity contribution in [2.75, 3.05) is 6.61 Å². The SMILES string of the molecule is Cc1cc(C)c(S(=O)(=O)NC(C)(C)CO)cc1C(=O)O. The first-order chi connectivity index (χ1) is 9.00. The number of aryl methyl sites for hydroxylation is 2. The van der Waals surface area contributed by atoms with Crippen molar-refractivity contribution >= 4 is 16.0 Å². The van der Waals surface area contributed by atoms with E-state index < -0.39 is 21.5 Å². The highest BCUT2D eigenvalue weighted by atomic mass is 32.2. The number of hydrogen-bond donors (Lipinski definition) is 3. The number of rotatable bonds is 5. The molecule has 0 radical (unpaired) electrons. The van der Waals surface area contributed by atoms with Crippen LogP contribution in [0.15, 0.2) is 17.0 Å². The van der Waals surface area contributed by atoms with Gasteiger partial charge in [0.1, 0.15) is 0 Å². The van der Waals surface area contributed by atoms with E-state index in [1.807, 2.05) is 0 Å². The number of sulfonamides is 1. The van der Waals surface area contributed by atoms with Crippen molar-refractivity contribution in [1.29, 1.82) is 0 Å². The van der Waals surface area contributed by atoms with Crippen LogP contribution in [-0.2, 0) is 10.0 Å². The van der Waals surface area contributed by atoms with E-state index in [4.69, 9.17) is 10.2 Å². The van der Waals surface area contributed by atoms with Gasteiger partial charge in [-0.15, -0.1) is 0 Å². The average molecular weight is 301 g/mol. The molecule has 0 aromatic heterocycles. The highest BCUT2D eigenvalue weighted by Gasteiger charge is 2.27. The Balaban J connectivity index is 3.39. The third-order valence-electron chi connectivity index (χ3n) is 2.85. The minimum Gasteiger partial charge on any atom is -0.478 e. The zero-order valence-electron chi connectivity index (χ0n) is 11.9. The Morgan fingerprint density at radius 2 is 1.80 bits per heavy atom. The summed E-state index contributed by atoms with van der Waals surface area (Å²) in [6, 6.07) is 2.66. The number of aliphatic hydroxyl groups is 1. The molecule has 6 nitrogen and oxygen atoms in total. The molecule has 0 atom stereocenters. The normalized spacial score (nSPS) is 12.4. The molecule has 0 saturated carbocycles. The largest absolute Gasteiger partial charge is 0.478 e. The van der Waals surface area contributed by atoms with Gasteiger partial charge in [-0.3, -0.25) is 0 Å². The van der Waals surface area contributed by atoms with Crippen LogP contribution in [0, 0.1) is 13.8 Å². The highest BCUT2D eigenvalue weighted by Crippen LogP contribution is 2.22. The molecular weight excluding hydrogens is 282 g/mol. The third kappa shape index (κ3) is 3.56. The van der Waals surface area contributed by atoms with Crippen LogP contribution in [0.25, 0.3) is 0 Å². The smallest absolute Gasteiger partial charge is 0.335 e. The predicted octanol–water partition coefficient (Wildman–Crippen LogP) is 1.05. The summed E-state index contributed by atoms with van der Waals surface area (Å²) in [6.45, 7) is 5.90. The number of benzene rings is 1. The number of nitrogens with one attached hydrogen (secondary N) is 1. The van der Waals surface area contributed by atoms with E-state index in [-0.39, 0.29) is 17.1 Å². The van der Waals surface area contributed by atoms with E-state index >= 15 is 0 Å². The molecule has 0 amide bonds. The van der Waals surface area contributed by atoms with Crippen LogP contribution in [0.5, 0.6) is 0 Å². The number of carbonyl (C=O) groups is 1. The van der Waals surface area contributed by atoms with Crippen molar-refractivity contribution in [1.82, 2.24) is 4.72 Å². The lowest BCUT2D eigenvalue weighted by molar-refractivity contribution is 0.0696. The summed E-state index contributed by atoms with van der Waals surface area (Å²) >= 11 is 0. The molecule has 3 N–H and O–H groups in total. The fourth-order valence-corrected chi connectivity index (χ4v) is 3.46. The fraction of sp³-hybridized carbons (Fsp3) is 0.462. The van der Waals surface area contributed by atoms with E-state index in [1.54, 1.807) is 13.8 Å². The Bertz CT molecular complexity index is 634. The van der Waals surface area contributed by atoms with Crippen molar-refractivity contribution in [3.05, 3.63) is 28.8 Å². The van der Waals surface area contributed by atoms with Gasteiger partial charge in [0.2, 0.25) is 10.0 Å². The van der Waals surface area contributed by atoms with Gasteiger partial charge < -0.3 is 10.2 Å². The molecule has 0 heterocycles. The van der Waals surface area contributed by atoms with Crippen LogP contribution in [0.4, 0.5) is 0 Å². The molecular formula is C13H19NO5S. The summed E-state index contributed by atoms with van der Waals surface area (Å²) < 4.78 is 27.0. The van der Waals surface area contributed by atoms with Crippen LogP contribution in [0.2, 0.25) is 0 Å². The molecule has 1 rings (SSSR count). The summed E-state index contributed by atoms with van der Waals surface area (Å²) in [4.78, 5) is 11.0. The predicted molar refractivity (Wildman–Crippen MR) is 74.4 cm³/mol. The summed E-state index contributed by atoms with van der Waals surface area (Å²) in [6.07, 6.45) is 0. The first-order valence-electron chi connectivity index (χ1n) is 5.99. The number of aromatic carboxylic acids is 1. The van der Waals surface area contributed by atoms with Crippen molar-refractivity contribution in [3.8, 4) is 0 Å². The second-order valence-corrected chi connectivity index (χ2v) is 7.04. The number of aliphatic hydroxyl groups excluding tert-OH is 1. The third-order valence-corrected chi connectivity index (χ3v) is 4.69. The zero-order valence-corrected chi connectivity index (χ0v) is 12.7. The van der Waals surface area contributed by atoms with E-state index in [9.17, 15) is 13.2 Å². The molecule has 0 bridgehead atoms. The molecule has 20 heavy (non-hydrogen) atoms. The fourth-order valence-electron chi connectivity index (χ4n) is 1.80. The quantitative estimate of drug-likeness (QED) is 0.754. The second-order valence-electron chi connectivity index (χ2n) is 5.39. The molecule has 1 aromatic carbocycles. The lowest BCUT2D eigenvalue weighted by Crippen LogP contribution is -2.46. The van der Waals surface area contributed by atoms with Gasteiger partial charge >= 0.3 is 5.97 Å². The molecule has 0 fully saturated rings. The summed E-state index contributed by atoms with van der Waals surface area (Å²) in [5.41, 5.74) is -0.138. The molecule has 0 saturated heterocycles. The molecule has 0 aliphatic heterocycles. The lowest BCUT2D eigenvalue weighted by atomic mass is 10.1. The maximum absolute atomic E-state index is 12.3. The second kappa shape index (κ2) is 5.51. The maximum Gasteiger partial charge on any atom is 0.335 e. The Morgan fingerprint density at radius 3 is 2.25 bits per heavy atom. The molecule has 112 valence electrons. The standard InChI is InChI=1S/C13H19NO5S/c1-8-5-9(2)11(6-10(8)12(16)17)20(18,19)14-13(3,4)7-15/h5-6,14-15H,7H2,1-4H3,(H,16,17). The van der Waals surface area contributed by atoms with Crippen molar-refractivity contribution in [2.45, 2.75) is 38.1 Å². The van der Waals surface area contributed by atoms with E-state index in [0.29, 0.717) is 11.1 Å². The van der Waals surface area contributed by atoms with Gasteiger partial charge in [-0.2, -0.15) is 0 Å². The van der Waals surface area contributed by atoms with Crippen LogP contribution >= 0.6 is 0 Å². The summed E-state index contributed by atoms with van der Waals surface area (Å²) in [5.74, 6) is -1.18. The van der Waals surface area contributed by atoms with Crippen molar-refractivity contribution in [3.63, 3.8) is 0 Å². The van der Waals surface area contributed by atoms with Gasteiger partial charge in [0.25, 0.3) is 0 Å². The van der Waals surface area contributed by atoms with Crippen LogP contribution < -0.4 is 4.72 Å². The van der Waals surface area contributed by atoms with Crippen molar-refractivity contribution < 1.29 is 23.4 Å². The Hall–Kier alpha value is -1.44. The number of carboxylic acid groups (broad SMARTS) is 1. The first kappa shape index (κ1) is 16.6. The van der Waals surface area contributed by atoms with Crippen molar-refractivity contribution in [2.24, 2.45) is 0 Å². The molecule has 0 spiro atoms. The minimum absolute atomic E-state index is 0.0576. The Labute approximate surface area is 118 Å². The Morgan fingerprint density at radius 1 is 1.25 bits per heavy atom. The zero-order chi connectivity index (χ0) is 15.7.